The zero-order chi connectivity index (χ0) is 28.4. The zero-order valence-corrected chi connectivity index (χ0v) is 22.3. The Balaban J connectivity index is 1.56. The molecule has 3 aromatic rings. The van der Waals surface area contributed by atoms with Crippen molar-refractivity contribution in [2.45, 2.75) is 38.4 Å². The Labute approximate surface area is 227 Å². The van der Waals surface area contributed by atoms with Crippen LogP contribution >= 0.6 is 11.6 Å². The Morgan fingerprint density at radius 1 is 1.03 bits per heavy atom. The minimum Gasteiger partial charge on any atom is -0.394 e. The summed E-state index contributed by atoms with van der Waals surface area (Å²) in [6, 6.07) is 4.11. The van der Waals surface area contributed by atoms with Gasteiger partial charge in [-0.15, -0.1) is 0 Å². The van der Waals surface area contributed by atoms with E-state index in [4.69, 9.17) is 21.4 Å². The number of alkyl halides is 5. The summed E-state index contributed by atoms with van der Waals surface area (Å²) in [4.78, 5) is 19.2. The van der Waals surface area contributed by atoms with Crippen LogP contribution in [-0.4, -0.2) is 95.6 Å². The molecule has 2 N–H and O–H groups in total. The molecule has 0 bridgehead atoms. The first-order valence-electron chi connectivity index (χ1n) is 12.8. The first-order chi connectivity index (χ1) is 18.4. The molecule has 1 aliphatic rings. The lowest BCUT2D eigenvalue weighted by atomic mass is 10.0. The van der Waals surface area contributed by atoms with Crippen LogP contribution in [0, 0.1) is 6.92 Å². The van der Waals surface area contributed by atoms with Crippen LogP contribution in [-0.2, 0) is 17.7 Å². The maximum Gasteiger partial charge on any atom is 0.455 e. The molecular weight excluding hydrogens is 547 g/mol. The van der Waals surface area contributed by atoms with Crippen molar-refractivity contribution in [3.05, 3.63) is 44.8 Å². The number of piperazine rings is 1. The molecule has 7 nitrogen and oxygen atoms in total. The van der Waals surface area contributed by atoms with Gasteiger partial charge in [-0.05, 0) is 44.0 Å². The van der Waals surface area contributed by atoms with E-state index in [2.05, 4.69) is 14.8 Å². The SMILES string of the molecule is Cc1c(CCCN2CCN(CCOCCO)CC2)c2c3c(Cl)cc(=O)[nH]c3ccc2n1CC(F)(F)C(F)(F)F. The van der Waals surface area contributed by atoms with Crippen molar-refractivity contribution in [3.8, 4) is 0 Å². The number of aromatic nitrogens is 2. The maximum atomic E-state index is 14.2. The highest BCUT2D eigenvalue weighted by Gasteiger charge is 2.57. The second-order valence-electron chi connectivity index (χ2n) is 9.84. The lowest BCUT2D eigenvalue weighted by Crippen LogP contribution is -2.47. The first-order valence-corrected chi connectivity index (χ1v) is 13.2. The van der Waals surface area contributed by atoms with Crippen LogP contribution < -0.4 is 5.56 Å². The first kappa shape index (κ1) is 29.7. The van der Waals surface area contributed by atoms with Gasteiger partial charge in [0.15, 0.2) is 0 Å². The summed E-state index contributed by atoms with van der Waals surface area (Å²) in [5.74, 6) is -4.92. The molecular formula is C26H32ClF5N4O3. The number of aliphatic hydroxyl groups excluding tert-OH is 1. The van der Waals surface area contributed by atoms with E-state index in [-0.39, 0.29) is 17.1 Å². The van der Waals surface area contributed by atoms with Crippen molar-refractivity contribution < 1.29 is 31.8 Å². The summed E-state index contributed by atoms with van der Waals surface area (Å²) in [6.45, 7) is 5.79. The molecule has 2 aromatic heterocycles. The molecule has 1 fully saturated rings. The number of aliphatic hydroxyl groups is 1. The second kappa shape index (κ2) is 12.1. The van der Waals surface area contributed by atoms with E-state index >= 15 is 0 Å². The molecule has 0 unspecified atom stereocenters. The van der Waals surface area contributed by atoms with E-state index in [1.165, 1.54) is 18.2 Å². The van der Waals surface area contributed by atoms with E-state index in [9.17, 15) is 26.7 Å². The quantitative estimate of drug-likeness (QED) is 0.264. The van der Waals surface area contributed by atoms with Gasteiger partial charge in [-0.3, -0.25) is 9.69 Å². The average Bonchev–Trinajstić information content (AvgIpc) is 3.12. The van der Waals surface area contributed by atoms with Gasteiger partial charge in [0.05, 0.1) is 36.9 Å². The molecule has 0 aliphatic carbocycles. The van der Waals surface area contributed by atoms with Gasteiger partial charge in [0.1, 0.15) is 0 Å². The summed E-state index contributed by atoms with van der Waals surface area (Å²) in [5.41, 5.74) is 1.12. The Kier molecular flexibility index (Phi) is 9.22. The number of halogens is 6. The van der Waals surface area contributed by atoms with Crippen molar-refractivity contribution in [1.82, 2.24) is 19.4 Å². The average molecular weight is 579 g/mol. The molecule has 0 radical (unpaired) electrons. The molecule has 0 atom stereocenters. The third kappa shape index (κ3) is 6.57. The molecule has 1 aromatic carbocycles. The van der Waals surface area contributed by atoms with Gasteiger partial charge in [-0.2, -0.15) is 22.0 Å². The highest BCUT2D eigenvalue weighted by Crippen LogP contribution is 2.41. The Hall–Kier alpha value is -2.25. The lowest BCUT2D eigenvalue weighted by Gasteiger charge is -2.34. The standard InChI is InChI=1S/C26H32ClF5N4O3/c1-17-18(3-2-6-34-7-9-35(10-8-34)11-13-39-14-12-37)23-21(36(17)16-25(28,29)26(30,31)32)5-4-20-24(23)19(27)15-22(38)33-20/h4-5,15,37H,2-3,6-14,16H2,1H3,(H,33,38). The number of rotatable bonds is 11. The minimum atomic E-state index is -5.69. The van der Waals surface area contributed by atoms with Crippen LogP contribution in [0.25, 0.3) is 21.8 Å². The van der Waals surface area contributed by atoms with E-state index < -0.39 is 24.2 Å². The summed E-state index contributed by atoms with van der Waals surface area (Å²) in [7, 11) is 0. The van der Waals surface area contributed by atoms with Crippen LogP contribution in [0.2, 0.25) is 5.02 Å². The highest BCUT2D eigenvalue weighted by molar-refractivity contribution is 6.37. The van der Waals surface area contributed by atoms with Gasteiger partial charge in [-0.25, -0.2) is 0 Å². The Morgan fingerprint density at radius 2 is 1.69 bits per heavy atom. The monoisotopic (exact) mass is 578 g/mol. The number of H-pyrrole nitrogens is 1. The predicted octanol–water partition coefficient (Wildman–Crippen LogP) is 4.20. The predicted molar refractivity (Wildman–Crippen MR) is 140 cm³/mol. The van der Waals surface area contributed by atoms with E-state index in [0.717, 1.165) is 43.8 Å². The van der Waals surface area contributed by atoms with Crippen LogP contribution in [0.4, 0.5) is 22.0 Å². The van der Waals surface area contributed by atoms with Crippen LogP contribution in [0.3, 0.4) is 0 Å². The highest BCUT2D eigenvalue weighted by atomic mass is 35.5. The summed E-state index contributed by atoms with van der Waals surface area (Å²) in [6.07, 6.45) is -4.59. The number of benzene rings is 1. The fourth-order valence-electron chi connectivity index (χ4n) is 5.23. The number of nitrogens with one attached hydrogen (secondary N) is 1. The van der Waals surface area contributed by atoms with Gasteiger partial charge >= 0.3 is 12.1 Å². The summed E-state index contributed by atoms with van der Waals surface area (Å²) in [5, 5.41) is 9.81. The third-order valence-corrected chi connectivity index (χ3v) is 7.60. The van der Waals surface area contributed by atoms with Crippen molar-refractivity contribution in [1.29, 1.82) is 0 Å². The maximum absolute atomic E-state index is 14.2. The van der Waals surface area contributed by atoms with Gasteiger partial charge in [0.25, 0.3) is 0 Å². The third-order valence-electron chi connectivity index (χ3n) is 7.30. The molecule has 0 saturated carbocycles. The molecule has 1 saturated heterocycles. The molecule has 13 heteroatoms. The number of nitrogens with zero attached hydrogens (tertiary/aromatic N) is 3. The Bertz CT molecular complexity index is 1350. The summed E-state index contributed by atoms with van der Waals surface area (Å²) < 4.78 is 74.0. The van der Waals surface area contributed by atoms with Gasteiger partial charge < -0.3 is 24.3 Å². The van der Waals surface area contributed by atoms with Crippen molar-refractivity contribution in [3.63, 3.8) is 0 Å². The van der Waals surface area contributed by atoms with Crippen LogP contribution in [0.5, 0.6) is 0 Å². The normalized spacial score (nSPS) is 16.1. The largest absolute Gasteiger partial charge is 0.455 e. The van der Waals surface area contributed by atoms with E-state index in [1.807, 2.05) is 0 Å². The Morgan fingerprint density at radius 3 is 2.33 bits per heavy atom. The number of pyridine rings is 1. The summed E-state index contributed by atoms with van der Waals surface area (Å²) >= 11 is 6.41. The molecule has 39 heavy (non-hydrogen) atoms. The molecule has 0 amide bonds. The van der Waals surface area contributed by atoms with E-state index in [1.54, 1.807) is 6.92 Å². The van der Waals surface area contributed by atoms with Gasteiger partial charge in [0.2, 0.25) is 5.56 Å². The number of hydrogen-bond donors (Lipinski definition) is 2. The fourth-order valence-corrected chi connectivity index (χ4v) is 5.52. The minimum absolute atomic E-state index is 0.00336. The number of hydrogen-bond acceptors (Lipinski definition) is 5. The van der Waals surface area contributed by atoms with Crippen LogP contribution in [0.1, 0.15) is 17.7 Å². The molecule has 216 valence electrons. The smallest absolute Gasteiger partial charge is 0.394 e. The zero-order valence-electron chi connectivity index (χ0n) is 21.6. The number of ether oxygens (including phenoxy) is 1. The second-order valence-corrected chi connectivity index (χ2v) is 10.2. The van der Waals surface area contributed by atoms with Crippen LogP contribution in [0.15, 0.2) is 23.0 Å². The number of aromatic amines is 1. The van der Waals surface area contributed by atoms with Gasteiger partial charge in [0, 0.05) is 60.8 Å². The lowest BCUT2D eigenvalue weighted by molar-refractivity contribution is -0.286. The van der Waals surface area contributed by atoms with Crippen molar-refractivity contribution >= 4 is 33.4 Å². The molecule has 4 rings (SSSR count). The van der Waals surface area contributed by atoms with E-state index in [0.29, 0.717) is 53.6 Å². The van der Waals surface area contributed by atoms with Crippen molar-refractivity contribution in [2.75, 3.05) is 59.1 Å². The topological polar surface area (TPSA) is 73.7 Å². The fraction of sp³-hybridized carbons (Fsp3) is 0.577. The number of aryl methyl sites for hydroxylation is 1. The van der Waals surface area contributed by atoms with Crippen molar-refractivity contribution in [2.24, 2.45) is 0 Å². The molecule has 3 heterocycles. The van der Waals surface area contributed by atoms with Gasteiger partial charge in [-0.1, -0.05) is 11.6 Å². The number of fused-ring (bicyclic) bond motifs is 3. The molecule has 0 spiro atoms. The molecule has 1 aliphatic heterocycles.